The summed E-state index contributed by atoms with van der Waals surface area (Å²) >= 11 is 1.63. The van der Waals surface area contributed by atoms with Gasteiger partial charge < -0.3 is 9.84 Å². The summed E-state index contributed by atoms with van der Waals surface area (Å²) in [6.45, 7) is 2.22. The van der Waals surface area contributed by atoms with Gasteiger partial charge in [-0.2, -0.15) is 0 Å². The molecule has 0 amide bonds. The molecular formula is C24H21NO2S. The summed E-state index contributed by atoms with van der Waals surface area (Å²) in [6.07, 6.45) is -0.446. The molecule has 1 heterocycles. The van der Waals surface area contributed by atoms with Crippen LogP contribution in [0.5, 0.6) is 5.75 Å². The molecule has 4 heteroatoms. The Morgan fingerprint density at radius 1 is 0.857 bits per heavy atom. The number of hydrogen-bond acceptors (Lipinski definition) is 4. The lowest BCUT2D eigenvalue weighted by molar-refractivity contribution is 0.199. The Morgan fingerprint density at radius 2 is 1.50 bits per heavy atom. The van der Waals surface area contributed by atoms with Crippen molar-refractivity contribution in [3.05, 3.63) is 95.5 Å². The average molecular weight is 388 g/mol. The molecule has 4 aromatic rings. The lowest BCUT2D eigenvalue weighted by Gasteiger charge is -2.08. The third-order valence-corrected chi connectivity index (χ3v) is 5.48. The highest BCUT2D eigenvalue weighted by Gasteiger charge is 2.06. The van der Waals surface area contributed by atoms with E-state index in [-0.39, 0.29) is 0 Å². The molecule has 0 aliphatic carbocycles. The molecule has 4 rings (SSSR count). The summed E-state index contributed by atoms with van der Waals surface area (Å²) in [6, 6.07) is 26.2. The lowest BCUT2D eigenvalue weighted by Crippen LogP contribution is -1.95. The minimum atomic E-state index is -0.446. The van der Waals surface area contributed by atoms with Crippen LogP contribution in [-0.4, -0.2) is 10.1 Å². The van der Waals surface area contributed by atoms with E-state index < -0.39 is 6.10 Å². The Bertz CT molecular complexity index is 1020. The highest BCUT2D eigenvalue weighted by atomic mass is 32.1. The summed E-state index contributed by atoms with van der Waals surface area (Å²) < 4.78 is 5.89. The standard InChI is InChI=1S/C24H21NO2S/c1-17(26)18-7-9-19(10-8-18)20-11-13-23(14-12-20)27-15-22-16-28-24(25-22)21-5-3-2-4-6-21/h2-14,16-17,26H,15H2,1H3. The van der Waals surface area contributed by atoms with Crippen LogP contribution in [0, 0.1) is 0 Å². The molecule has 3 aromatic carbocycles. The second kappa shape index (κ2) is 8.38. The van der Waals surface area contributed by atoms with Gasteiger partial charge in [-0.3, -0.25) is 0 Å². The van der Waals surface area contributed by atoms with E-state index >= 15 is 0 Å². The van der Waals surface area contributed by atoms with Gasteiger partial charge in [0.1, 0.15) is 17.4 Å². The number of aromatic nitrogens is 1. The molecule has 1 aromatic heterocycles. The Kier molecular flexibility index (Phi) is 5.51. The predicted octanol–water partition coefficient (Wildman–Crippen LogP) is 6.11. The maximum absolute atomic E-state index is 9.62. The van der Waals surface area contributed by atoms with Crippen molar-refractivity contribution in [2.24, 2.45) is 0 Å². The highest BCUT2D eigenvalue weighted by molar-refractivity contribution is 7.13. The quantitative estimate of drug-likeness (QED) is 0.434. The van der Waals surface area contributed by atoms with Crippen molar-refractivity contribution in [2.75, 3.05) is 0 Å². The first-order valence-corrected chi connectivity index (χ1v) is 10.1. The van der Waals surface area contributed by atoms with Crippen molar-refractivity contribution < 1.29 is 9.84 Å². The van der Waals surface area contributed by atoms with Crippen LogP contribution < -0.4 is 4.74 Å². The molecule has 0 saturated carbocycles. The first-order chi connectivity index (χ1) is 13.7. The van der Waals surface area contributed by atoms with Gasteiger partial charge >= 0.3 is 0 Å². The number of aliphatic hydroxyl groups excluding tert-OH is 1. The molecule has 0 saturated heterocycles. The monoisotopic (exact) mass is 387 g/mol. The normalized spacial score (nSPS) is 11.9. The molecule has 0 spiro atoms. The molecule has 1 atom stereocenters. The van der Waals surface area contributed by atoms with Crippen LogP contribution in [0.15, 0.2) is 84.2 Å². The number of benzene rings is 3. The molecular weight excluding hydrogens is 366 g/mol. The van der Waals surface area contributed by atoms with E-state index in [4.69, 9.17) is 4.74 Å². The topological polar surface area (TPSA) is 42.4 Å². The molecule has 0 fully saturated rings. The maximum atomic E-state index is 9.62. The molecule has 3 nitrogen and oxygen atoms in total. The summed E-state index contributed by atoms with van der Waals surface area (Å²) in [5, 5.41) is 12.7. The van der Waals surface area contributed by atoms with E-state index in [1.54, 1.807) is 18.3 Å². The van der Waals surface area contributed by atoms with E-state index in [1.165, 1.54) is 0 Å². The van der Waals surface area contributed by atoms with Crippen LogP contribution in [-0.2, 0) is 6.61 Å². The van der Waals surface area contributed by atoms with Crippen molar-refractivity contribution >= 4 is 11.3 Å². The third kappa shape index (κ3) is 4.30. The predicted molar refractivity (Wildman–Crippen MR) is 114 cm³/mol. The molecule has 28 heavy (non-hydrogen) atoms. The first-order valence-electron chi connectivity index (χ1n) is 9.20. The van der Waals surface area contributed by atoms with Crippen molar-refractivity contribution in [3.8, 4) is 27.4 Å². The van der Waals surface area contributed by atoms with Crippen molar-refractivity contribution in [3.63, 3.8) is 0 Å². The smallest absolute Gasteiger partial charge is 0.131 e. The van der Waals surface area contributed by atoms with Gasteiger partial charge in [-0.15, -0.1) is 11.3 Å². The van der Waals surface area contributed by atoms with Crippen molar-refractivity contribution in [1.82, 2.24) is 4.98 Å². The SMILES string of the molecule is CC(O)c1ccc(-c2ccc(OCc3csc(-c4ccccc4)n3)cc2)cc1. The fourth-order valence-electron chi connectivity index (χ4n) is 2.94. The van der Waals surface area contributed by atoms with Crippen LogP contribution in [0.2, 0.25) is 0 Å². The van der Waals surface area contributed by atoms with Gasteiger partial charge in [0.15, 0.2) is 0 Å². The van der Waals surface area contributed by atoms with Crippen LogP contribution in [0.1, 0.15) is 24.3 Å². The van der Waals surface area contributed by atoms with E-state index in [9.17, 15) is 5.11 Å². The lowest BCUT2D eigenvalue weighted by atomic mass is 10.0. The van der Waals surface area contributed by atoms with Gasteiger partial charge in [-0.1, -0.05) is 66.7 Å². The summed E-state index contributed by atoms with van der Waals surface area (Å²) in [7, 11) is 0. The van der Waals surface area contributed by atoms with E-state index in [0.29, 0.717) is 6.61 Å². The van der Waals surface area contributed by atoms with E-state index in [2.05, 4.69) is 17.1 Å². The van der Waals surface area contributed by atoms with E-state index in [0.717, 1.165) is 38.7 Å². The molecule has 0 aliphatic rings. The Labute approximate surface area is 168 Å². The fraction of sp³-hybridized carbons (Fsp3) is 0.125. The molecule has 140 valence electrons. The van der Waals surface area contributed by atoms with Gasteiger partial charge in [-0.25, -0.2) is 4.98 Å². The van der Waals surface area contributed by atoms with Crippen LogP contribution >= 0.6 is 11.3 Å². The number of hydrogen-bond donors (Lipinski definition) is 1. The minimum absolute atomic E-state index is 0.446. The largest absolute Gasteiger partial charge is 0.487 e. The third-order valence-electron chi connectivity index (χ3n) is 4.54. The first kappa shape index (κ1) is 18.4. The zero-order valence-electron chi connectivity index (χ0n) is 15.6. The van der Waals surface area contributed by atoms with Gasteiger partial charge in [0.25, 0.3) is 0 Å². The van der Waals surface area contributed by atoms with Gasteiger partial charge in [0, 0.05) is 10.9 Å². The van der Waals surface area contributed by atoms with E-state index in [1.807, 2.05) is 72.1 Å². The van der Waals surface area contributed by atoms with Crippen LogP contribution in [0.25, 0.3) is 21.7 Å². The number of ether oxygens (including phenoxy) is 1. The molecule has 0 radical (unpaired) electrons. The van der Waals surface area contributed by atoms with Crippen molar-refractivity contribution in [1.29, 1.82) is 0 Å². The Balaban J connectivity index is 1.39. The molecule has 0 aliphatic heterocycles. The number of nitrogens with zero attached hydrogens (tertiary/aromatic N) is 1. The molecule has 0 bridgehead atoms. The Hall–Kier alpha value is -2.95. The summed E-state index contributed by atoms with van der Waals surface area (Å²) in [5.41, 5.74) is 5.21. The molecule has 1 unspecified atom stereocenters. The van der Waals surface area contributed by atoms with Gasteiger partial charge in [-0.05, 0) is 35.7 Å². The second-order valence-electron chi connectivity index (χ2n) is 6.62. The molecule has 1 N–H and O–H groups in total. The zero-order valence-corrected chi connectivity index (χ0v) is 16.4. The zero-order chi connectivity index (χ0) is 19.3. The van der Waals surface area contributed by atoms with Crippen molar-refractivity contribution in [2.45, 2.75) is 19.6 Å². The Morgan fingerprint density at radius 3 is 2.14 bits per heavy atom. The average Bonchev–Trinajstić information content (AvgIpc) is 3.22. The van der Waals surface area contributed by atoms with Crippen LogP contribution in [0.4, 0.5) is 0 Å². The maximum Gasteiger partial charge on any atom is 0.131 e. The minimum Gasteiger partial charge on any atom is -0.487 e. The van der Waals surface area contributed by atoms with Crippen LogP contribution in [0.3, 0.4) is 0 Å². The van der Waals surface area contributed by atoms with Gasteiger partial charge in [0.05, 0.1) is 11.8 Å². The highest BCUT2D eigenvalue weighted by Crippen LogP contribution is 2.26. The summed E-state index contributed by atoms with van der Waals surface area (Å²) in [4.78, 5) is 4.66. The number of rotatable bonds is 6. The second-order valence-corrected chi connectivity index (χ2v) is 7.48. The number of thiazole rings is 1. The number of aliphatic hydroxyl groups is 1. The van der Waals surface area contributed by atoms with Gasteiger partial charge in [0.2, 0.25) is 0 Å². The summed E-state index contributed by atoms with van der Waals surface area (Å²) in [5.74, 6) is 0.818. The fourth-order valence-corrected chi connectivity index (χ4v) is 3.75.